The zero-order valence-electron chi connectivity index (χ0n) is 20.5. The van der Waals surface area contributed by atoms with Gasteiger partial charge in [0.05, 0.1) is 19.5 Å². The van der Waals surface area contributed by atoms with E-state index in [9.17, 15) is 45.5 Å². The summed E-state index contributed by atoms with van der Waals surface area (Å²) in [5.41, 5.74) is 0.473. The number of hydrogen-bond acceptors (Lipinski definition) is 10. The first-order valence-corrected chi connectivity index (χ1v) is 15.5. The van der Waals surface area contributed by atoms with Gasteiger partial charge < -0.3 is 0 Å². The Morgan fingerprint density at radius 2 is 1.00 bits per heavy atom. The molecule has 216 valence electrons. The molecule has 1 saturated carbocycles. The van der Waals surface area contributed by atoms with Crippen molar-refractivity contribution in [2.45, 2.75) is 37.0 Å². The first-order valence-electron chi connectivity index (χ1n) is 12.3. The highest BCUT2D eigenvalue weighted by Crippen LogP contribution is 2.59. The van der Waals surface area contributed by atoms with E-state index in [1.54, 1.807) is 0 Å². The summed E-state index contributed by atoms with van der Waals surface area (Å²) in [7, 11) is 0. The average Bonchev–Trinajstić information content (AvgIpc) is 3.75. The molecule has 3 aliphatic rings. The maximum absolute atomic E-state index is 13.4. The van der Waals surface area contributed by atoms with Crippen molar-refractivity contribution >= 4 is 68.5 Å². The minimum Gasteiger partial charge on any atom is -0.292 e. The van der Waals surface area contributed by atoms with Gasteiger partial charge in [0.15, 0.2) is 11.6 Å². The molecule has 6 nitrogen and oxygen atoms in total. The lowest BCUT2D eigenvalue weighted by molar-refractivity contribution is -0.0885. The molecule has 16 heteroatoms. The van der Waals surface area contributed by atoms with Gasteiger partial charge in [-0.25, -0.2) is 9.97 Å². The minimum absolute atomic E-state index is 0.210. The summed E-state index contributed by atoms with van der Waals surface area (Å²) in [6.07, 6.45) is -9.28. The number of thiazole rings is 2. The van der Waals surface area contributed by atoms with Gasteiger partial charge in [0, 0.05) is 33.4 Å². The van der Waals surface area contributed by atoms with Crippen molar-refractivity contribution in [3.63, 3.8) is 0 Å². The van der Waals surface area contributed by atoms with Gasteiger partial charge in [-0.2, -0.15) is 26.3 Å². The zero-order valence-corrected chi connectivity index (χ0v) is 23.7. The number of fused-ring (bicyclic) bond motifs is 6. The third-order valence-corrected chi connectivity index (χ3v) is 12.6. The van der Waals surface area contributed by atoms with E-state index < -0.39 is 45.5 Å². The molecule has 0 amide bonds. The molecular formula is C26H12F6N2O4S4. The van der Waals surface area contributed by atoms with Crippen LogP contribution in [-0.4, -0.2) is 45.5 Å². The molecule has 0 N–H and O–H groups in total. The van der Waals surface area contributed by atoms with E-state index in [0.717, 1.165) is 12.1 Å². The minimum atomic E-state index is -5.00. The molecule has 4 unspecified atom stereocenters. The summed E-state index contributed by atoms with van der Waals surface area (Å²) in [5, 5.41) is 0.672. The largest absolute Gasteiger partial charge is 0.455 e. The van der Waals surface area contributed by atoms with Gasteiger partial charge in [-0.15, -0.1) is 45.3 Å². The number of aromatic nitrogens is 2. The highest BCUT2D eigenvalue weighted by molar-refractivity contribution is 7.23. The molecule has 4 heterocycles. The molecule has 3 aliphatic carbocycles. The number of hydrogen-bond donors (Lipinski definition) is 0. The Balaban J connectivity index is 1.13. The van der Waals surface area contributed by atoms with Crippen LogP contribution >= 0.6 is 45.3 Å². The molecule has 0 bridgehead atoms. The second kappa shape index (κ2) is 9.21. The lowest BCUT2D eigenvalue weighted by Crippen LogP contribution is -2.29. The third kappa shape index (κ3) is 4.17. The third-order valence-electron chi connectivity index (χ3n) is 7.70. The molecule has 4 aromatic heterocycles. The van der Waals surface area contributed by atoms with Crippen molar-refractivity contribution in [1.82, 2.24) is 9.97 Å². The van der Waals surface area contributed by atoms with Gasteiger partial charge in [0.1, 0.15) is 21.4 Å². The van der Waals surface area contributed by atoms with E-state index in [0.29, 0.717) is 65.0 Å². The standard InChI is InChI=1S/C26H12F6N2O4S4/c27-25(28,29)21(37)11-1-3-13(39-11)23-33-15-17(35)7-6-10-8(5-9(7)19(15)41-23)18(36)16-20(10)42-24(34-16)14-4-2-12(40-14)22(38)26(30,31)32/h1-4,7-10H,5-6H2. The molecule has 4 atom stereocenters. The van der Waals surface area contributed by atoms with Crippen molar-refractivity contribution in [2.75, 3.05) is 0 Å². The van der Waals surface area contributed by atoms with Crippen LogP contribution < -0.4 is 0 Å². The van der Waals surface area contributed by atoms with Crippen LogP contribution in [0.1, 0.15) is 74.8 Å². The lowest BCUT2D eigenvalue weighted by Gasteiger charge is -2.33. The van der Waals surface area contributed by atoms with Crippen molar-refractivity contribution in [1.29, 1.82) is 0 Å². The molecule has 0 spiro atoms. The molecule has 4 aromatic rings. The number of rotatable bonds is 4. The number of Topliss-reactive ketones (excluding diaryl/α,β-unsaturated/α-hetero) is 4. The molecule has 1 fully saturated rings. The van der Waals surface area contributed by atoms with Gasteiger partial charge >= 0.3 is 12.4 Å². The molecule has 7 rings (SSSR count). The number of carbonyl (C=O) groups excluding carboxylic acids is 4. The number of halogens is 6. The maximum Gasteiger partial charge on any atom is 0.455 e. The normalized spacial score (nSPS) is 23.1. The van der Waals surface area contributed by atoms with Gasteiger partial charge in [-0.3, -0.25) is 19.2 Å². The van der Waals surface area contributed by atoms with Crippen LogP contribution in [0.4, 0.5) is 26.3 Å². The van der Waals surface area contributed by atoms with Crippen LogP contribution in [0.5, 0.6) is 0 Å². The number of nitrogens with zero attached hydrogens (tertiary/aromatic N) is 2. The van der Waals surface area contributed by atoms with E-state index in [1.165, 1.54) is 34.8 Å². The van der Waals surface area contributed by atoms with E-state index in [4.69, 9.17) is 0 Å². The zero-order chi connectivity index (χ0) is 29.9. The number of carbonyl (C=O) groups is 4. The van der Waals surface area contributed by atoms with Crippen LogP contribution in [0.3, 0.4) is 0 Å². The fourth-order valence-corrected chi connectivity index (χ4v) is 10.4. The molecule has 0 aliphatic heterocycles. The maximum atomic E-state index is 13.4. The smallest absolute Gasteiger partial charge is 0.292 e. The number of alkyl halides is 6. The Kier molecular flexibility index (Phi) is 6.08. The number of thiophene rings is 2. The summed E-state index contributed by atoms with van der Waals surface area (Å²) in [6.45, 7) is 0. The fraction of sp³-hybridized carbons (Fsp3) is 0.308. The summed E-state index contributed by atoms with van der Waals surface area (Å²) >= 11 is 3.67. The van der Waals surface area contributed by atoms with Gasteiger partial charge in [-0.1, -0.05) is 0 Å². The first kappa shape index (κ1) is 27.7. The SMILES string of the molecule is O=C1c2nc(-c3ccc(C(=O)C(F)(F)F)s3)sc2C2CC3C(=O)c4nc(-c5ccc(C(=O)C(F)(F)F)s5)sc4C3CC12. The van der Waals surface area contributed by atoms with Crippen molar-refractivity contribution in [2.24, 2.45) is 11.8 Å². The van der Waals surface area contributed by atoms with Crippen molar-refractivity contribution < 1.29 is 45.5 Å². The summed E-state index contributed by atoms with van der Waals surface area (Å²) in [4.78, 5) is 59.9. The lowest BCUT2D eigenvalue weighted by atomic mass is 9.70. The van der Waals surface area contributed by atoms with E-state index >= 15 is 0 Å². The summed E-state index contributed by atoms with van der Waals surface area (Å²) in [6, 6.07) is 4.90. The monoisotopic (exact) mass is 658 g/mol. The van der Waals surface area contributed by atoms with Gasteiger partial charge in [0.2, 0.25) is 0 Å². The summed E-state index contributed by atoms with van der Waals surface area (Å²) < 4.78 is 77.0. The predicted molar refractivity (Wildman–Crippen MR) is 142 cm³/mol. The second-order valence-electron chi connectivity index (χ2n) is 10.1. The Bertz CT molecular complexity index is 1710. The van der Waals surface area contributed by atoms with Crippen LogP contribution in [0, 0.1) is 11.8 Å². The summed E-state index contributed by atoms with van der Waals surface area (Å²) in [5.74, 6) is -5.78. The highest BCUT2D eigenvalue weighted by Gasteiger charge is 2.55. The van der Waals surface area contributed by atoms with E-state index in [1.807, 2.05) is 0 Å². The molecule has 0 aromatic carbocycles. The second-order valence-corrected chi connectivity index (χ2v) is 14.3. The predicted octanol–water partition coefficient (Wildman–Crippen LogP) is 7.83. The van der Waals surface area contributed by atoms with Crippen LogP contribution in [0.2, 0.25) is 0 Å². The van der Waals surface area contributed by atoms with Gasteiger partial charge in [-0.05, 0) is 37.1 Å². The molecule has 42 heavy (non-hydrogen) atoms. The fourth-order valence-electron chi connectivity index (χ4n) is 5.87. The molecule has 0 saturated heterocycles. The van der Waals surface area contributed by atoms with E-state index in [-0.39, 0.29) is 34.8 Å². The Hall–Kier alpha value is -3.08. The first-order chi connectivity index (χ1) is 19.7. The van der Waals surface area contributed by atoms with Crippen LogP contribution in [-0.2, 0) is 0 Å². The van der Waals surface area contributed by atoms with Crippen LogP contribution in [0.15, 0.2) is 24.3 Å². The van der Waals surface area contributed by atoms with Crippen molar-refractivity contribution in [3.8, 4) is 19.8 Å². The molecular weight excluding hydrogens is 647 g/mol. The topological polar surface area (TPSA) is 94.1 Å². The Labute approximate surface area is 247 Å². The Morgan fingerprint density at radius 3 is 1.36 bits per heavy atom. The highest BCUT2D eigenvalue weighted by atomic mass is 32.1. The Morgan fingerprint density at radius 1 is 0.619 bits per heavy atom. The molecule has 0 radical (unpaired) electrons. The van der Waals surface area contributed by atoms with Crippen molar-refractivity contribution in [3.05, 3.63) is 55.2 Å². The van der Waals surface area contributed by atoms with Gasteiger partial charge in [0.25, 0.3) is 11.6 Å². The van der Waals surface area contributed by atoms with Crippen LogP contribution in [0.25, 0.3) is 19.8 Å². The van der Waals surface area contributed by atoms with E-state index in [2.05, 4.69) is 9.97 Å². The average molecular weight is 659 g/mol. The quantitative estimate of drug-likeness (QED) is 0.164. The number of ketones is 4.